The minimum Gasteiger partial charge on any atom is -0.385 e. The number of nitrogens with one attached hydrogen (secondary N) is 2. The predicted molar refractivity (Wildman–Crippen MR) is 60.0 cm³/mol. The second-order valence-corrected chi connectivity index (χ2v) is 3.43. The first-order valence-electron chi connectivity index (χ1n) is 5.11. The number of halogens is 2. The van der Waals surface area contributed by atoms with Crippen molar-refractivity contribution in [2.45, 2.75) is 12.5 Å². The lowest BCUT2D eigenvalue weighted by Crippen LogP contribution is -2.38. The van der Waals surface area contributed by atoms with Crippen molar-refractivity contribution in [2.24, 2.45) is 0 Å². The van der Waals surface area contributed by atoms with Gasteiger partial charge >= 0.3 is 0 Å². The molecule has 1 amide bonds. The summed E-state index contributed by atoms with van der Waals surface area (Å²) < 4.78 is 23.8. The van der Waals surface area contributed by atoms with Crippen molar-refractivity contribution in [3.63, 3.8) is 0 Å². The summed E-state index contributed by atoms with van der Waals surface area (Å²) in [6.07, 6.45) is -4.67. The lowest BCUT2D eigenvalue weighted by molar-refractivity contribution is -0.120. The number of amides is 1. The molecule has 0 aliphatic rings. The molecule has 3 N–H and O–H groups in total. The van der Waals surface area contributed by atoms with Crippen LogP contribution in [0.2, 0.25) is 0 Å². The van der Waals surface area contributed by atoms with Crippen LogP contribution in [-0.2, 0) is 4.79 Å². The Bertz CT molecular complexity index is 347. The molecule has 0 spiro atoms. The van der Waals surface area contributed by atoms with Gasteiger partial charge < -0.3 is 15.7 Å². The standard InChI is InChI=1S/C11H14F2N2O2/c12-11(13)9(16)6-15-10(17)7-14-8-4-2-1-3-5-8/h1-5,9,11,14,16H,6-7H2,(H,15,17). The van der Waals surface area contributed by atoms with Crippen LogP contribution in [0.15, 0.2) is 30.3 Å². The molecule has 1 aromatic rings. The number of carbonyl (C=O) groups excluding carboxylic acids is 1. The SMILES string of the molecule is O=C(CNc1ccccc1)NCC(O)C(F)F. The quantitative estimate of drug-likeness (QED) is 0.695. The summed E-state index contributed by atoms with van der Waals surface area (Å²) in [7, 11) is 0. The number of anilines is 1. The summed E-state index contributed by atoms with van der Waals surface area (Å²) in [4.78, 5) is 11.2. The molecule has 0 radical (unpaired) electrons. The Morgan fingerprint density at radius 1 is 1.29 bits per heavy atom. The molecule has 4 nitrogen and oxygen atoms in total. The second kappa shape index (κ2) is 6.80. The van der Waals surface area contributed by atoms with Crippen LogP contribution in [0.1, 0.15) is 0 Å². The molecule has 6 heteroatoms. The van der Waals surface area contributed by atoms with Gasteiger partial charge in [-0.25, -0.2) is 8.78 Å². The van der Waals surface area contributed by atoms with E-state index in [2.05, 4.69) is 10.6 Å². The molecule has 0 aromatic heterocycles. The second-order valence-electron chi connectivity index (χ2n) is 3.43. The van der Waals surface area contributed by atoms with Crippen molar-refractivity contribution in [2.75, 3.05) is 18.4 Å². The summed E-state index contributed by atoms with van der Waals surface area (Å²) in [5.74, 6) is -0.450. The molecular weight excluding hydrogens is 230 g/mol. The maximum Gasteiger partial charge on any atom is 0.265 e. The van der Waals surface area contributed by atoms with Crippen molar-refractivity contribution in [3.05, 3.63) is 30.3 Å². The number of aliphatic hydroxyl groups excluding tert-OH is 1. The highest BCUT2D eigenvalue weighted by Gasteiger charge is 2.17. The molecule has 1 unspecified atom stereocenters. The van der Waals surface area contributed by atoms with Crippen LogP contribution in [-0.4, -0.2) is 36.6 Å². The van der Waals surface area contributed by atoms with E-state index in [1.807, 2.05) is 6.07 Å². The van der Waals surface area contributed by atoms with Gasteiger partial charge in [-0.1, -0.05) is 18.2 Å². The number of carbonyl (C=O) groups is 1. The van der Waals surface area contributed by atoms with Crippen molar-refractivity contribution < 1.29 is 18.7 Å². The molecule has 0 saturated carbocycles. The molecule has 0 heterocycles. The highest BCUT2D eigenvalue weighted by atomic mass is 19.3. The Labute approximate surface area is 97.6 Å². The Kier molecular flexibility index (Phi) is 5.35. The number of para-hydroxylation sites is 1. The normalized spacial score (nSPS) is 12.2. The Morgan fingerprint density at radius 2 is 1.94 bits per heavy atom. The van der Waals surface area contributed by atoms with Gasteiger partial charge in [-0.15, -0.1) is 0 Å². The summed E-state index contributed by atoms with van der Waals surface area (Å²) in [5.41, 5.74) is 0.761. The van der Waals surface area contributed by atoms with Crippen molar-refractivity contribution in [1.82, 2.24) is 5.32 Å². The maximum atomic E-state index is 11.9. The topological polar surface area (TPSA) is 61.4 Å². The highest BCUT2D eigenvalue weighted by molar-refractivity contribution is 5.80. The monoisotopic (exact) mass is 244 g/mol. The van der Waals surface area contributed by atoms with Crippen LogP contribution in [0.3, 0.4) is 0 Å². The summed E-state index contributed by atoms with van der Waals surface area (Å²) in [5, 5.41) is 13.8. The maximum absolute atomic E-state index is 11.9. The van der Waals surface area contributed by atoms with Gasteiger partial charge in [-0.05, 0) is 12.1 Å². The van der Waals surface area contributed by atoms with Crippen molar-refractivity contribution >= 4 is 11.6 Å². The number of rotatable bonds is 6. The van der Waals surface area contributed by atoms with Crippen LogP contribution in [0, 0.1) is 0 Å². The first-order valence-corrected chi connectivity index (χ1v) is 5.11. The molecule has 94 valence electrons. The number of hydrogen-bond acceptors (Lipinski definition) is 3. The van der Waals surface area contributed by atoms with Crippen molar-refractivity contribution in [3.8, 4) is 0 Å². The van der Waals surface area contributed by atoms with E-state index in [-0.39, 0.29) is 6.54 Å². The van der Waals surface area contributed by atoms with Gasteiger partial charge in [0.1, 0.15) is 6.10 Å². The molecule has 0 saturated heterocycles. The van der Waals surface area contributed by atoms with Crippen LogP contribution >= 0.6 is 0 Å². The zero-order chi connectivity index (χ0) is 12.7. The summed E-state index contributed by atoms with van der Waals surface area (Å²) >= 11 is 0. The average molecular weight is 244 g/mol. The number of hydrogen-bond donors (Lipinski definition) is 3. The molecule has 17 heavy (non-hydrogen) atoms. The van der Waals surface area contributed by atoms with E-state index in [0.29, 0.717) is 0 Å². The number of alkyl halides is 2. The van der Waals surface area contributed by atoms with Crippen LogP contribution in [0.25, 0.3) is 0 Å². The van der Waals surface area contributed by atoms with Gasteiger partial charge in [0, 0.05) is 12.2 Å². The van der Waals surface area contributed by atoms with Crippen LogP contribution in [0.5, 0.6) is 0 Å². The molecule has 0 aliphatic carbocycles. The van der Waals surface area contributed by atoms with E-state index < -0.39 is 25.0 Å². The molecule has 0 fully saturated rings. The van der Waals surface area contributed by atoms with Gasteiger partial charge in [0.15, 0.2) is 0 Å². The first-order chi connectivity index (χ1) is 8.09. The molecule has 1 aromatic carbocycles. The third-order valence-corrected chi connectivity index (χ3v) is 2.03. The van der Waals surface area contributed by atoms with E-state index in [9.17, 15) is 13.6 Å². The van der Waals surface area contributed by atoms with E-state index >= 15 is 0 Å². The fourth-order valence-corrected chi connectivity index (χ4v) is 1.11. The van der Waals surface area contributed by atoms with Gasteiger partial charge in [0.05, 0.1) is 6.54 Å². The van der Waals surface area contributed by atoms with E-state index in [1.54, 1.807) is 24.3 Å². The Balaban J connectivity index is 2.22. The average Bonchev–Trinajstić information content (AvgIpc) is 2.34. The van der Waals surface area contributed by atoms with Gasteiger partial charge in [0.25, 0.3) is 6.43 Å². The van der Waals surface area contributed by atoms with Crippen LogP contribution in [0.4, 0.5) is 14.5 Å². The van der Waals surface area contributed by atoms with E-state index in [1.165, 1.54) is 0 Å². The number of aliphatic hydroxyl groups is 1. The highest BCUT2D eigenvalue weighted by Crippen LogP contribution is 2.03. The summed E-state index contributed by atoms with van der Waals surface area (Å²) in [6, 6.07) is 9.01. The third-order valence-electron chi connectivity index (χ3n) is 2.03. The number of benzene rings is 1. The smallest absolute Gasteiger partial charge is 0.265 e. The summed E-state index contributed by atoms with van der Waals surface area (Å²) in [6.45, 7) is -0.479. The largest absolute Gasteiger partial charge is 0.385 e. The molecule has 1 rings (SSSR count). The van der Waals surface area contributed by atoms with Crippen molar-refractivity contribution in [1.29, 1.82) is 0 Å². The Morgan fingerprint density at radius 3 is 2.53 bits per heavy atom. The zero-order valence-electron chi connectivity index (χ0n) is 9.07. The molecule has 0 aliphatic heterocycles. The van der Waals surface area contributed by atoms with E-state index in [0.717, 1.165) is 5.69 Å². The van der Waals surface area contributed by atoms with Crippen LogP contribution < -0.4 is 10.6 Å². The lowest BCUT2D eigenvalue weighted by Gasteiger charge is -2.11. The minimum absolute atomic E-state index is 0.0278. The predicted octanol–water partition coefficient (Wildman–Crippen LogP) is 0.841. The lowest BCUT2D eigenvalue weighted by atomic mass is 10.3. The van der Waals surface area contributed by atoms with E-state index in [4.69, 9.17) is 5.11 Å². The molecule has 0 bridgehead atoms. The fourth-order valence-electron chi connectivity index (χ4n) is 1.11. The Hall–Kier alpha value is -1.69. The molecular formula is C11H14F2N2O2. The zero-order valence-corrected chi connectivity index (χ0v) is 9.07. The fraction of sp³-hybridized carbons (Fsp3) is 0.364. The minimum atomic E-state index is -2.85. The van der Waals surface area contributed by atoms with Gasteiger partial charge in [0.2, 0.25) is 5.91 Å². The molecule has 1 atom stereocenters. The third kappa shape index (κ3) is 5.26. The van der Waals surface area contributed by atoms with Gasteiger partial charge in [-0.2, -0.15) is 0 Å². The van der Waals surface area contributed by atoms with Gasteiger partial charge in [-0.3, -0.25) is 4.79 Å². The first kappa shape index (κ1) is 13.4.